The molecule has 1 saturated heterocycles. The predicted octanol–water partition coefficient (Wildman–Crippen LogP) is 1.01. The van der Waals surface area contributed by atoms with Crippen molar-refractivity contribution in [2.24, 2.45) is 0 Å². The standard InChI is InChI=1S/C13H20N4O2/c1-9-11(12(18)19)7-14-13(15-9)17-6-4-5-10(8-17)16(2)3/h7,10H,4-6,8H2,1-3H3,(H,18,19). The highest BCUT2D eigenvalue weighted by molar-refractivity contribution is 5.88. The van der Waals surface area contributed by atoms with Crippen LogP contribution in [-0.2, 0) is 0 Å². The van der Waals surface area contributed by atoms with Crippen LogP contribution in [0.2, 0.25) is 0 Å². The lowest BCUT2D eigenvalue weighted by Gasteiger charge is -2.36. The molecule has 6 nitrogen and oxygen atoms in total. The fourth-order valence-electron chi connectivity index (χ4n) is 2.38. The Morgan fingerprint density at radius 2 is 2.26 bits per heavy atom. The molecule has 1 aliphatic heterocycles. The van der Waals surface area contributed by atoms with Gasteiger partial charge in [-0.15, -0.1) is 0 Å². The molecule has 2 rings (SSSR count). The van der Waals surface area contributed by atoms with Gasteiger partial charge in [0, 0.05) is 25.3 Å². The van der Waals surface area contributed by atoms with Crippen molar-refractivity contribution < 1.29 is 9.90 Å². The number of nitrogens with zero attached hydrogens (tertiary/aromatic N) is 4. The maximum atomic E-state index is 11.0. The molecule has 2 heterocycles. The summed E-state index contributed by atoms with van der Waals surface area (Å²) < 4.78 is 0. The normalized spacial score (nSPS) is 19.8. The molecule has 1 N–H and O–H groups in total. The second-order valence-corrected chi connectivity index (χ2v) is 5.18. The summed E-state index contributed by atoms with van der Waals surface area (Å²) >= 11 is 0. The van der Waals surface area contributed by atoms with E-state index >= 15 is 0 Å². The van der Waals surface area contributed by atoms with Crippen molar-refractivity contribution in [1.82, 2.24) is 14.9 Å². The summed E-state index contributed by atoms with van der Waals surface area (Å²) in [5.74, 6) is -0.345. The highest BCUT2D eigenvalue weighted by Gasteiger charge is 2.23. The van der Waals surface area contributed by atoms with Gasteiger partial charge in [0.2, 0.25) is 5.95 Å². The van der Waals surface area contributed by atoms with E-state index in [1.54, 1.807) is 6.92 Å². The minimum Gasteiger partial charge on any atom is -0.478 e. The Kier molecular flexibility index (Phi) is 3.99. The van der Waals surface area contributed by atoms with Gasteiger partial charge in [-0.25, -0.2) is 14.8 Å². The Bertz CT molecular complexity index is 476. The first-order valence-corrected chi connectivity index (χ1v) is 6.47. The Morgan fingerprint density at radius 1 is 1.53 bits per heavy atom. The van der Waals surface area contributed by atoms with E-state index < -0.39 is 5.97 Å². The second kappa shape index (κ2) is 5.52. The van der Waals surface area contributed by atoms with Crippen LogP contribution in [0.3, 0.4) is 0 Å². The first-order chi connectivity index (χ1) is 8.99. The van der Waals surface area contributed by atoms with Crippen molar-refractivity contribution in [1.29, 1.82) is 0 Å². The average Bonchev–Trinajstić information content (AvgIpc) is 2.38. The van der Waals surface area contributed by atoms with Crippen LogP contribution in [0.25, 0.3) is 0 Å². The summed E-state index contributed by atoms with van der Waals surface area (Å²) in [6, 6.07) is 0.497. The molecular weight excluding hydrogens is 244 g/mol. The van der Waals surface area contributed by atoms with Crippen molar-refractivity contribution in [2.45, 2.75) is 25.8 Å². The van der Waals surface area contributed by atoms with Gasteiger partial charge in [0.1, 0.15) is 0 Å². The molecule has 0 spiro atoms. The fraction of sp³-hybridized carbons (Fsp3) is 0.615. The van der Waals surface area contributed by atoms with Crippen LogP contribution >= 0.6 is 0 Å². The Hall–Kier alpha value is -1.69. The molecule has 1 unspecified atom stereocenters. The van der Waals surface area contributed by atoms with Gasteiger partial charge in [-0.3, -0.25) is 0 Å². The van der Waals surface area contributed by atoms with E-state index in [1.807, 2.05) is 0 Å². The molecule has 104 valence electrons. The van der Waals surface area contributed by atoms with Crippen LogP contribution < -0.4 is 4.90 Å². The number of rotatable bonds is 3. The predicted molar refractivity (Wildman–Crippen MR) is 72.7 cm³/mol. The zero-order valence-corrected chi connectivity index (χ0v) is 11.6. The topological polar surface area (TPSA) is 69.6 Å². The van der Waals surface area contributed by atoms with Gasteiger partial charge >= 0.3 is 5.97 Å². The van der Waals surface area contributed by atoms with Gasteiger partial charge < -0.3 is 14.9 Å². The van der Waals surface area contributed by atoms with E-state index in [-0.39, 0.29) is 5.56 Å². The van der Waals surface area contributed by atoms with Gasteiger partial charge in [-0.2, -0.15) is 0 Å². The Morgan fingerprint density at radius 3 is 2.84 bits per heavy atom. The number of aromatic carboxylic acids is 1. The van der Waals surface area contributed by atoms with E-state index in [4.69, 9.17) is 5.11 Å². The minimum atomic E-state index is -0.978. The van der Waals surface area contributed by atoms with Crippen LogP contribution in [0.4, 0.5) is 5.95 Å². The molecule has 1 aromatic heterocycles. The lowest BCUT2D eigenvalue weighted by molar-refractivity contribution is 0.0695. The number of hydrogen-bond donors (Lipinski definition) is 1. The molecule has 6 heteroatoms. The molecular formula is C13H20N4O2. The lowest BCUT2D eigenvalue weighted by atomic mass is 10.1. The lowest BCUT2D eigenvalue weighted by Crippen LogP contribution is -2.45. The summed E-state index contributed by atoms with van der Waals surface area (Å²) in [6.07, 6.45) is 3.68. The molecule has 1 fully saturated rings. The highest BCUT2D eigenvalue weighted by atomic mass is 16.4. The quantitative estimate of drug-likeness (QED) is 0.878. The van der Waals surface area contributed by atoms with Gasteiger partial charge in [0.25, 0.3) is 0 Å². The van der Waals surface area contributed by atoms with Crippen LogP contribution in [-0.4, -0.2) is 59.2 Å². The highest BCUT2D eigenvalue weighted by Crippen LogP contribution is 2.19. The Balaban J connectivity index is 2.18. The number of anilines is 1. The third-order valence-electron chi connectivity index (χ3n) is 3.61. The summed E-state index contributed by atoms with van der Waals surface area (Å²) in [5.41, 5.74) is 0.689. The third kappa shape index (κ3) is 3.01. The number of aryl methyl sites for hydroxylation is 1. The van der Waals surface area contributed by atoms with Crippen LogP contribution in [0.1, 0.15) is 28.9 Å². The summed E-state index contributed by atoms with van der Waals surface area (Å²) in [6.45, 7) is 3.52. The summed E-state index contributed by atoms with van der Waals surface area (Å²) in [5, 5.41) is 8.98. The monoisotopic (exact) mass is 264 g/mol. The minimum absolute atomic E-state index is 0.171. The molecule has 0 aromatic carbocycles. The van der Waals surface area contributed by atoms with E-state index in [9.17, 15) is 4.79 Å². The number of carboxylic acid groups (broad SMARTS) is 1. The van der Waals surface area contributed by atoms with Crippen LogP contribution in [0, 0.1) is 6.92 Å². The molecule has 1 aromatic rings. The summed E-state index contributed by atoms with van der Waals surface area (Å²) in [7, 11) is 4.15. The van der Waals surface area contributed by atoms with Crippen LogP contribution in [0.5, 0.6) is 0 Å². The maximum Gasteiger partial charge on any atom is 0.339 e. The van der Waals surface area contributed by atoms with E-state index in [2.05, 4.69) is 33.9 Å². The van der Waals surface area contributed by atoms with Crippen molar-refractivity contribution in [2.75, 3.05) is 32.1 Å². The van der Waals surface area contributed by atoms with Crippen molar-refractivity contribution >= 4 is 11.9 Å². The number of hydrogen-bond acceptors (Lipinski definition) is 5. The average molecular weight is 264 g/mol. The molecule has 1 aliphatic rings. The number of piperidine rings is 1. The maximum absolute atomic E-state index is 11.0. The molecule has 0 amide bonds. The fourth-order valence-corrected chi connectivity index (χ4v) is 2.38. The largest absolute Gasteiger partial charge is 0.478 e. The first kappa shape index (κ1) is 13.7. The number of carboxylic acids is 1. The third-order valence-corrected chi connectivity index (χ3v) is 3.61. The number of likely N-dealkylation sites (N-methyl/N-ethyl adjacent to an activating group) is 1. The molecule has 0 aliphatic carbocycles. The second-order valence-electron chi connectivity index (χ2n) is 5.18. The number of aromatic nitrogens is 2. The van der Waals surface area contributed by atoms with Crippen molar-refractivity contribution in [3.63, 3.8) is 0 Å². The van der Waals surface area contributed by atoms with Gasteiger partial charge in [0.05, 0.1) is 11.3 Å². The molecule has 0 saturated carbocycles. The van der Waals surface area contributed by atoms with Crippen LogP contribution in [0.15, 0.2) is 6.20 Å². The van der Waals surface area contributed by atoms with Gasteiger partial charge in [0.15, 0.2) is 0 Å². The number of carbonyl (C=O) groups is 1. The van der Waals surface area contributed by atoms with Gasteiger partial charge in [-0.05, 0) is 33.9 Å². The smallest absolute Gasteiger partial charge is 0.339 e. The molecule has 1 atom stereocenters. The molecule has 19 heavy (non-hydrogen) atoms. The van der Waals surface area contributed by atoms with E-state index in [0.717, 1.165) is 19.5 Å². The zero-order chi connectivity index (χ0) is 14.0. The summed E-state index contributed by atoms with van der Waals surface area (Å²) in [4.78, 5) is 23.8. The van der Waals surface area contributed by atoms with E-state index in [1.165, 1.54) is 12.6 Å². The zero-order valence-electron chi connectivity index (χ0n) is 11.6. The molecule has 0 radical (unpaired) electrons. The van der Waals surface area contributed by atoms with E-state index in [0.29, 0.717) is 17.7 Å². The first-order valence-electron chi connectivity index (χ1n) is 6.47. The van der Waals surface area contributed by atoms with Crippen molar-refractivity contribution in [3.05, 3.63) is 17.5 Å². The van der Waals surface area contributed by atoms with Gasteiger partial charge in [-0.1, -0.05) is 0 Å². The van der Waals surface area contributed by atoms with Crippen molar-refractivity contribution in [3.8, 4) is 0 Å². The molecule has 0 bridgehead atoms. The Labute approximate surface area is 113 Å². The SMILES string of the molecule is Cc1nc(N2CCCC(N(C)C)C2)ncc1C(=O)O.